The van der Waals surface area contributed by atoms with Gasteiger partial charge in [-0.2, -0.15) is 0 Å². The number of aliphatic hydroxyl groups excluding tert-OH is 2. The minimum Gasteiger partial charge on any atom is -0.396 e. The first kappa shape index (κ1) is 14.9. The summed E-state index contributed by atoms with van der Waals surface area (Å²) < 4.78 is 0. The molecule has 0 heterocycles. The first-order chi connectivity index (χ1) is 7.35. The Balaban J connectivity index is 3.22. The summed E-state index contributed by atoms with van der Waals surface area (Å²) in [7, 11) is 0. The third kappa shape index (κ3) is 10.2. The van der Waals surface area contributed by atoms with E-state index in [4.69, 9.17) is 10.2 Å². The first-order valence-electron chi connectivity index (χ1n) is 6.56. The lowest BCUT2D eigenvalue weighted by molar-refractivity contribution is 0.191. The highest BCUT2D eigenvalue weighted by Gasteiger charge is 2.06. The van der Waals surface area contributed by atoms with E-state index in [0.29, 0.717) is 5.92 Å². The molecule has 15 heavy (non-hydrogen) atoms. The van der Waals surface area contributed by atoms with E-state index in [2.05, 4.69) is 6.92 Å². The Labute approximate surface area is 94.7 Å². The molecule has 0 aromatic heterocycles. The minimum atomic E-state index is 0.257. The number of unbranched alkanes of at least 4 members (excludes halogenated alkanes) is 5. The van der Waals surface area contributed by atoms with Crippen molar-refractivity contribution in [2.75, 3.05) is 13.2 Å². The zero-order valence-electron chi connectivity index (χ0n) is 10.2. The summed E-state index contributed by atoms with van der Waals surface area (Å²) in [5, 5.41) is 17.8. The number of aliphatic hydroxyl groups is 2. The third-order valence-corrected chi connectivity index (χ3v) is 2.99. The molecule has 0 bridgehead atoms. The average Bonchev–Trinajstić information content (AvgIpc) is 2.27. The molecule has 0 spiro atoms. The molecule has 0 saturated heterocycles. The van der Waals surface area contributed by atoms with Crippen molar-refractivity contribution < 1.29 is 10.2 Å². The Hall–Kier alpha value is -0.0800. The Morgan fingerprint density at radius 1 is 0.800 bits per heavy atom. The van der Waals surface area contributed by atoms with Gasteiger partial charge in [0.05, 0.1) is 0 Å². The second-order valence-electron chi connectivity index (χ2n) is 4.47. The van der Waals surface area contributed by atoms with Crippen molar-refractivity contribution in [3.05, 3.63) is 0 Å². The molecule has 0 radical (unpaired) electrons. The standard InChI is InChI=1S/C13H28O2/c1-2-3-4-5-6-7-9-13(12-15)10-8-11-14/h13-15H,2-12H2,1H3. The van der Waals surface area contributed by atoms with Gasteiger partial charge in [0.1, 0.15) is 0 Å². The van der Waals surface area contributed by atoms with Crippen molar-refractivity contribution in [1.82, 2.24) is 0 Å². The van der Waals surface area contributed by atoms with Gasteiger partial charge in [0.2, 0.25) is 0 Å². The topological polar surface area (TPSA) is 40.5 Å². The van der Waals surface area contributed by atoms with Crippen LogP contribution in [0, 0.1) is 5.92 Å². The molecular formula is C13H28O2. The first-order valence-corrected chi connectivity index (χ1v) is 6.56. The van der Waals surface area contributed by atoms with Gasteiger partial charge in [0.15, 0.2) is 0 Å². The molecule has 0 saturated carbocycles. The van der Waals surface area contributed by atoms with Crippen molar-refractivity contribution in [3.8, 4) is 0 Å². The predicted octanol–water partition coefficient (Wildman–Crippen LogP) is 3.12. The number of hydrogen-bond acceptors (Lipinski definition) is 2. The molecule has 0 aliphatic carbocycles. The van der Waals surface area contributed by atoms with Crippen LogP contribution in [0.5, 0.6) is 0 Å². The van der Waals surface area contributed by atoms with E-state index in [1.54, 1.807) is 0 Å². The second kappa shape index (κ2) is 12.0. The lowest BCUT2D eigenvalue weighted by Crippen LogP contribution is -2.06. The molecule has 2 heteroatoms. The molecule has 0 aliphatic rings. The maximum Gasteiger partial charge on any atom is 0.0459 e. The second-order valence-corrected chi connectivity index (χ2v) is 4.47. The van der Waals surface area contributed by atoms with Gasteiger partial charge in [0.25, 0.3) is 0 Å². The fraction of sp³-hybridized carbons (Fsp3) is 1.00. The van der Waals surface area contributed by atoms with Crippen LogP contribution in [-0.2, 0) is 0 Å². The molecule has 0 amide bonds. The van der Waals surface area contributed by atoms with E-state index in [-0.39, 0.29) is 13.2 Å². The van der Waals surface area contributed by atoms with Crippen LogP contribution in [0.4, 0.5) is 0 Å². The van der Waals surface area contributed by atoms with Crippen molar-refractivity contribution in [3.63, 3.8) is 0 Å². The van der Waals surface area contributed by atoms with Gasteiger partial charge in [-0.05, 0) is 25.2 Å². The quantitative estimate of drug-likeness (QED) is 0.521. The Bertz CT molecular complexity index is 115. The third-order valence-electron chi connectivity index (χ3n) is 2.99. The maximum atomic E-state index is 9.11. The SMILES string of the molecule is CCCCCCCCC(CO)CCCO. The molecule has 1 unspecified atom stereocenters. The van der Waals surface area contributed by atoms with Gasteiger partial charge in [-0.3, -0.25) is 0 Å². The van der Waals surface area contributed by atoms with Gasteiger partial charge in [-0.1, -0.05) is 45.4 Å². The van der Waals surface area contributed by atoms with Crippen LogP contribution in [0.25, 0.3) is 0 Å². The van der Waals surface area contributed by atoms with Crippen molar-refractivity contribution in [2.24, 2.45) is 5.92 Å². The van der Waals surface area contributed by atoms with E-state index in [9.17, 15) is 0 Å². The fourth-order valence-corrected chi connectivity index (χ4v) is 1.92. The van der Waals surface area contributed by atoms with E-state index in [1.165, 1.54) is 38.5 Å². The van der Waals surface area contributed by atoms with Crippen molar-refractivity contribution in [1.29, 1.82) is 0 Å². The predicted molar refractivity (Wildman–Crippen MR) is 64.9 cm³/mol. The molecule has 0 aromatic carbocycles. The molecular weight excluding hydrogens is 188 g/mol. The largest absolute Gasteiger partial charge is 0.396 e. The highest BCUT2D eigenvalue weighted by atomic mass is 16.3. The zero-order valence-corrected chi connectivity index (χ0v) is 10.2. The summed E-state index contributed by atoms with van der Waals surface area (Å²) in [5.41, 5.74) is 0. The number of hydrogen-bond donors (Lipinski definition) is 2. The highest BCUT2D eigenvalue weighted by molar-refractivity contribution is 4.58. The molecule has 0 rings (SSSR count). The highest BCUT2D eigenvalue weighted by Crippen LogP contribution is 2.16. The fourth-order valence-electron chi connectivity index (χ4n) is 1.92. The van der Waals surface area contributed by atoms with E-state index < -0.39 is 0 Å². The van der Waals surface area contributed by atoms with E-state index in [0.717, 1.165) is 19.3 Å². The van der Waals surface area contributed by atoms with Gasteiger partial charge >= 0.3 is 0 Å². The zero-order chi connectivity index (χ0) is 11.4. The van der Waals surface area contributed by atoms with E-state index in [1.807, 2.05) is 0 Å². The van der Waals surface area contributed by atoms with Crippen LogP contribution >= 0.6 is 0 Å². The van der Waals surface area contributed by atoms with Crippen LogP contribution in [0.2, 0.25) is 0 Å². The maximum absolute atomic E-state index is 9.11. The lowest BCUT2D eigenvalue weighted by Gasteiger charge is -2.12. The molecule has 0 fully saturated rings. The van der Waals surface area contributed by atoms with E-state index >= 15 is 0 Å². The van der Waals surface area contributed by atoms with Crippen molar-refractivity contribution >= 4 is 0 Å². The molecule has 1 atom stereocenters. The Morgan fingerprint density at radius 2 is 1.40 bits per heavy atom. The summed E-state index contributed by atoms with van der Waals surface area (Å²) in [5.74, 6) is 0.420. The molecule has 92 valence electrons. The van der Waals surface area contributed by atoms with Crippen LogP contribution in [0.1, 0.15) is 64.7 Å². The summed E-state index contributed by atoms with van der Waals surface area (Å²) in [4.78, 5) is 0. The minimum absolute atomic E-state index is 0.257. The molecule has 2 N–H and O–H groups in total. The lowest BCUT2D eigenvalue weighted by atomic mass is 9.96. The monoisotopic (exact) mass is 216 g/mol. The smallest absolute Gasteiger partial charge is 0.0459 e. The summed E-state index contributed by atoms with van der Waals surface area (Å²) in [6.45, 7) is 2.78. The van der Waals surface area contributed by atoms with Crippen molar-refractivity contribution in [2.45, 2.75) is 64.7 Å². The van der Waals surface area contributed by atoms with Crippen LogP contribution in [0.15, 0.2) is 0 Å². The van der Waals surface area contributed by atoms with Crippen LogP contribution < -0.4 is 0 Å². The Kier molecular flexibility index (Phi) is 11.9. The Morgan fingerprint density at radius 3 is 2.00 bits per heavy atom. The van der Waals surface area contributed by atoms with Gasteiger partial charge in [-0.25, -0.2) is 0 Å². The molecule has 2 nitrogen and oxygen atoms in total. The molecule has 0 aliphatic heterocycles. The normalized spacial score (nSPS) is 13.0. The summed E-state index contributed by atoms with van der Waals surface area (Å²) >= 11 is 0. The average molecular weight is 216 g/mol. The van der Waals surface area contributed by atoms with Gasteiger partial charge in [-0.15, -0.1) is 0 Å². The summed E-state index contributed by atoms with van der Waals surface area (Å²) in [6.07, 6.45) is 10.8. The van der Waals surface area contributed by atoms with Crippen LogP contribution in [0.3, 0.4) is 0 Å². The van der Waals surface area contributed by atoms with Gasteiger partial charge in [0, 0.05) is 13.2 Å². The van der Waals surface area contributed by atoms with Crippen LogP contribution in [-0.4, -0.2) is 23.4 Å². The summed E-state index contributed by atoms with van der Waals surface area (Å²) in [6, 6.07) is 0. The molecule has 0 aromatic rings. The van der Waals surface area contributed by atoms with Gasteiger partial charge < -0.3 is 10.2 Å². The number of rotatable bonds is 11.